The molecule has 4 heteroatoms. The first-order chi connectivity index (χ1) is 10.8. The second kappa shape index (κ2) is 5.23. The number of aryl methyl sites for hydroxylation is 1. The van der Waals surface area contributed by atoms with Crippen LogP contribution in [0.25, 0.3) is 16.5 Å². The van der Waals surface area contributed by atoms with Gasteiger partial charge < -0.3 is 9.30 Å². The Bertz CT molecular complexity index is 921. The number of esters is 2. The van der Waals surface area contributed by atoms with E-state index < -0.39 is 11.9 Å². The number of allylic oxidation sites excluding steroid dienone is 2. The Labute approximate surface area is 135 Å². The van der Waals surface area contributed by atoms with E-state index >= 15 is 0 Å². The van der Waals surface area contributed by atoms with E-state index in [1.807, 2.05) is 59.0 Å². The summed E-state index contributed by atoms with van der Waals surface area (Å²) in [7, 11) is 2.00. The van der Waals surface area contributed by atoms with E-state index in [2.05, 4.69) is 4.57 Å². The molecule has 1 aliphatic heterocycles. The Morgan fingerprint density at radius 2 is 1.61 bits per heavy atom. The summed E-state index contributed by atoms with van der Waals surface area (Å²) >= 11 is 0. The smallest absolute Gasteiger partial charge is 0.347 e. The number of ether oxygens (including phenoxy) is 1. The Kier molecular flexibility index (Phi) is 3.48. The van der Waals surface area contributed by atoms with Gasteiger partial charge in [0.2, 0.25) is 0 Å². The minimum atomic E-state index is -0.559. The average Bonchev–Trinajstić information content (AvgIpc) is 2.93. The maximum Gasteiger partial charge on any atom is 0.347 e. The lowest BCUT2D eigenvalue weighted by atomic mass is 9.93. The molecule has 1 aromatic carbocycles. The number of para-hydroxylation sites is 1. The fraction of sp³-hybridized carbons (Fsp3) is 0.263. The summed E-state index contributed by atoms with van der Waals surface area (Å²) in [6.45, 7) is 7.54. The number of hydrogen-bond acceptors (Lipinski definition) is 3. The fourth-order valence-corrected chi connectivity index (χ4v) is 3.30. The summed E-state index contributed by atoms with van der Waals surface area (Å²) in [5.74, 6) is -1.11. The number of aromatic nitrogens is 1. The number of carbonyl (C=O) groups is 2. The SMILES string of the molecule is CC(C)=C1C(=O)OC(=O)C1=C(C)c1c(C)n(C)c2ccccc12. The van der Waals surface area contributed by atoms with Crippen LogP contribution in [0, 0.1) is 6.92 Å². The molecule has 118 valence electrons. The third-order valence-electron chi connectivity index (χ3n) is 4.49. The maximum atomic E-state index is 12.2. The van der Waals surface area contributed by atoms with Crippen LogP contribution in [-0.4, -0.2) is 16.5 Å². The first kappa shape index (κ1) is 15.3. The lowest BCUT2D eigenvalue weighted by molar-refractivity contribution is -0.149. The number of hydrogen-bond donors (Lipinski definition) is 0. The lowest BCUT2D eigenvalue weighted by Crippen LogP contribution is -2.01. The summed E-state index contributed by atoms with van der Waals surface area (Å²) in [6, 6.07) is 8.04. The van der Waals surface area contributed by atoms with Gasteiger partial charge in [-0.05, 0) is 39.3 Å². The first-order valence-electron chi connectivity index (χ1n) is 7.54. The highest BCUT2D eigenvalue weighted by Crippen LogP contribution is 2.37. The molecule has 1 aromatic heterocycles. The van der Waals surface area contributed by atoms with Crippen molar-refractivity contribution in [1.82, 2.24) is 4.57 Å². The zero-order valence-electron chi connectivity index (χ0n) is 14.0. The van der Waals surface area contributed by atoms with Crippen molar-refractivity contribution in [2.45, 2.75) is 27.7 Å². The van der Waals surface area contributed by atoms with Crippen LogP contribution in [0.4, 0.5) is 0 Å². The Morgan fingerprint density at radius 3 is 2.26 bits per heavy atom. The number of rotatable bonds is 1. The zero-order chi connectivity index (χ0) is 16.9. The Balaban J connectivity index is 2.39. The molecule has 2 aromatic rings. The monoisotopic (exact) mass is 309 g/mol. The predicted octanol–water partition coefficient (Wildman–Crippen LogP) is 3.68. The average molecular weight is 309 g/mol. The van der Waals surface area contributed by atoms with E-state index in [-0.39, 0.29) is 0 Å². The second-order valence-corrected chi connectivity index (χ2v) is 6.09. The van der Waals surface area contributed by atoms with E-state index in [0.29, 0.717) is 11.1 Å². The molecule has 0 amide bonds. The first-order valence-corrected chi connectivity index (χ1v) is 7.54. The zero-order valence-corrected chi connectivity index (χ0v) is 14.0. The number of carbonyl (C=O) groups excluding carboxylic acids is 2. The molecule has 1 aliphatic rings. The minimum absolute atomic E-state index is 0.384. The lowest BCUT2D eigenvalue weighted by Gasteiger charge is -2.07. The molecule has 0 unspecified atom stereocenters. The molecule has 2 heterocycles. The van der Waals surface area contributed by atoms with Gasteiger partial charge >= 0.3 is 11.9 Å². The molecule has 1 saturated heterocycles. The van der Waals surface area contributed by atoms with Gasteiger partial charge in [0.05, 0.1) is 11.1 Å². The van der Waals surface area contributed by atoms with Crippen molar-refractivity contribution in [2.75, 3.05) is 0 Å². The molecular formula is C19H19NO3. The van der Waals surface area contributed by atoms with E-state index in [0.717, 1.165) is 33.3 Å². The third-order valence-corrected chi connectivity index (χ3v) is 4.49. The van der Waals surface area contributed by atoms with Gasteiger partial charge in [-0.1, -0.05) is 23.8 Å². The van der Waals surface area contributed by atoms with Gasteiger partial charge in [0.15, 0.2) is 0 Å². The Morgan fingerprint density at radius 1 is 1.00 bits per heavy atom. The van der Waals surface area contributed by atoms with Gasteiger partial charge in [-0.3, -0.25) is 0 Å². The molecule has 0 spiro atoms. The van der Waals surface area contributed by atoms with Crippen molar-refractivity contribution in [1.29, 1.82) is 0 Å². The molecule has 0 saturated carbocycles. The van der Waals surface area contributed by atoms with Crippen LogP contribution in [0.15, 0.2) is 41.0 Å². The quantitative estimate of drug-likeness (QED) is 0.459. The van der Waals surface area contributed by atoms with E-state index in [9.17, 15) is 9.59 Å². The molecule has 3 rings (SSSR count). The molecule has 0 N–H and O–H groups in total. The molecule has 23 heavy (non-hydrogen) atoms. The van der Waals surface area contributed by atoms with Gasteiger partial charge in [-0.2, -0.15) is 0 Å². The summed E-state index contributed by atoms with van der Waals surface area (Å²) in [6.07, 6.45) is 0. The predicted molar refractivity (Wildman–Crippen MR) is 89.7 cm³/mol. The number of benzene rings is 1. The van der Waals surface area contributed by atoms with Gasteiger partial charge in [-0.25, -0.2) is 9.59 Å². The minimum Gasteiger partial charge on any atom is -0.386 e. The van der Waals surface area contributed by atoms with Gasteiger partial charge in [-0.15, -0.1) is 0 Å². The topological polar surface area (TPSA) is 48.3 Å². The van der Waals surface area contributed by atoms with E-state index in [1.54, 1.807) is 0 Å². The van der Waals surface area contributed by atoms with Crippen molar-refractivity contribution >= 4 is 28.4 Å². The summed E-state index contributed by atoms with van der Waals surface area (Å²) in [4.78, 5) is 24.2. The molecular weight excluding hydrogens is 290 g/mol. The molecule has 0 bridgehead atoms. The normalized spacial score (nSPS) is 17.0. The fourth-order valence-electron chi connectivity index (χ4n) is 3.30. The highest BCUT2D eigenvalue weighted by molar-refractivity contribution is 6.22. The Hall–Kier alpha value is -2.62. The summed E-state index contributed by atoms with van der Waals surface area (Å²) < 4.78 is 6.94. The van der Waals surface area contributed by atoms with Crippen LogP contribution in [-0.2, 0) is 21.4 Å². The second-order valence-electron chi connectivity index (χ2n) is 6.09. The summed E-state index contributed by atoms with van der Waals surface area (Å²) in [5, 5.41) is 1.07. The largest absolute Gasteiger partial charge is 0.386 e. The van der Waals surface area contributed by atoms with Crippen molar-refractivity contribution < 1.29 is 14.3 Å². The standard InChI is InChI=1S/C19H19NO3/c1-10(2)15-17(19(22)23-18(15)21)11(3)16-12(4)20(5)14-9-7-6-8-13(14)16/h6-9H,1-5H3. The summed E-state index contributed by atoms with van der Waals surface area (Å²) in [5.41, 5.74) is 5.48. The molecule has 0 aliphatic carbocycles. The van der Waals surface area contributed by atoms with Crippen molar-refractivity contribution in [2.24, 2.45) is 7.05 Å². The number of fused-ring (bicyclic) bond motifs is 1. The van der Waals surface area contributed by atoms with Crippen LogP contribution in [0.3, 0.4) is 0 Å². The molecule has 0 atom stereocenters. The molecule has 1 fully saturated rings. The van der Waals surface area contributed by atoms with Crippen molar-refractivity contribution in [3.63, 3.8) is 0 Å². The molecule has 0 radical (unpaired) electrons. The number of nitrogens with zero attached hydrogens (tertiary/aromatic N) is 1. The van der Waals surface area contributed by atoms with Crippen LogP contribution in [0.1, 0.15) is 32.0 Å². The van der Waals surface area contributed by atoms with Gasteiger partial charge in [0.1, 0.15) is 0 Å². The maximum absolute atomic E-state index is 12.2. The van der Waals surface area contributed by atoms with Crippen LogP contribution in [0.2, 0.25) is 0 Å². The van der Waals surface area contributed by atoms with E-state index in [1.165, 1.54) is 0 Å². The highest BCUT2D eigenvalue weighted by atomic mass is 16.6. The van der Waals surface area contributed by atoms with E-state index in [4.69, 9.17) is 4.74 Å². The molecule has 4 nitrogen and oxygen atoms in total. The third kappa shape index (κ3) is 2.13. The van der Waals surface area contributed by atoms with Crippen LogP contribution in [0.5, 0.6) is 0 Å². The number of cyclic esters (lactones) is 2. The van der Waals surface area contributed by atoms with Crippen LogP contribution < -0.4 is 0 Å². The highest BCUT2D eigenvalue weighted by Gasteiger charge is 2.36. The van der Waals surface area contributed by atoms with Crippen molar-refractivity contribution in [3.8, 4) is 0 Å². The van der Waals surface area contributed by atoms with Crippen molar-refractivity contribution in [3.05, 3.63) is 52.2 Å². The van der Waals surface area contributed by atoms with Crippen LogP contribution >= 0.6 is 0 Å². The van der Waals surface area contributed by atoms with Gasteiger partial charge in [0.25, 0.3) is 0 Å². The van der Waals surface area contributed by atoms with Gasteiger partial charge in [0, 0.05) is 29.2 Å².